The highest BCUT2D eigenvalue weighted by Crippen LogP contribution is 2.19. The molecule has 1 aromatic carbocycles. The predicted molar refractivity (Wildman–Crippen MR) is 65.7 cm³/mol. The van der Waals surface area contributed by atoms with Gasteiger partial charge in [0.1, 0.15) is 0 Å². The van der Waals surface area contributed by atoms with Crippen LogP contribution in [0.1, 0.15) is 18.4 Å². The van der Waals surface area contributed by atoms with Gasteiger partial charge in [-0.1, -0.05) is 11.6 Å². The van der Waals surface area contributed by atoms with E-state index in [0.717, 1.165) is 18.1 Å². The number of rotatable bonds is 3. The summed E-state index contributed by atoms with van der Waals surface area (Å²) in [4.78, 5) is 0. The molecule has 0 saturated carbocycles. The second-order valence-electron chi connectivity index (χ2n) is 4.13. The van der Waals surface area contributed by atoms with Crippen LogP contribution in [0.25, 0.3) is 0 Å². The van der Waals surface area contributed by atoms with E-state index in [1.807, 2.05) is 18.2 Å². The summed E-state index contributed by atoms with van der Waals surface area (Å²) < 4.78 is 0. The van der Waals surface area contributed by atoms with Gasteiger partial charge in [0.25, 0.3) is 0 Å². The van der Waals surface area contributed by atoms with Gasteiger partial charge in [-0.3, -0.25) is 0 Å². The zero-order valence-electron chi connectivity index (χ0n) is 9.02. The topological polar surface area (TPSA) is 24.1 Å². The minimum atomic E-state index is 0.625. The third kappa shape index (κ3) is 2.86. The first-order valence-corrected chi connectivity index (χ1v) is 5.87. The molecule has 0 unspecified atom stereocenters. The Morgan fingerprint density at radius 2 is 2.40 bits per heavy atom. The number of halogens is 1. The van der Waals surface area contributed by atoms with Crippen molar-refractivity contribution in [3.05, 3.63) is 28.8 Å². The Morgan fingerprint density at radius 1 is 1.53 bits per heavy atom. The lowest BCUT2D eigenvalue weighted by molar-refractivity contribution is 0.633. The molecule has 0 radical (unpaired) electrons. The normalized spacial score (nSPS) is 20.5. The van der Waals surface area contributed by atoms with Crippen molar-refractivity contribution in [1.29, 1.82) is 0 Å². The van der Waals surface area contributed by atoms with Gasteiger partial charge in [0.15, 0.2) is 0 Å². The first-order chi connectivity index (χ1) is 7.25. The average molecular weight is 225 g/mol. The maximum absolute atomic E-state index is 5.90. The van der Waals surface area contributed by atoms with Crippen molar-refractivity contribution < 1.29 is 0 Å². The van der Waals surface area contributed by atoms with Gasteiger partial charge in [-0.2, -0.15) is 0 Å². The number of nitrogens with one attached hydrogen (secondary N) is 2. The van der Waals surface area contributed by atoms with E-state index < -0.39 is 0 Å². The van der Waals surface area contributed by atoms with Gasteiger partial charge >= 0.3 is 0 Å². The summed E-state index contributed by atoms with van der Waals surface area (Å²) in [5.74, 6) is 0. The largest absolute Gasteiger partial charge is 0.383 e. The molecular weight excluding hydrogens is 208 g/mol. The van der Waals surface area contributed by atoms with Gasteiger partial charge in [0.2, 0.25) is 0 Å². The van der Waals surface area contributed by atoms with E-state index in [-0.39, 0.29) is 0 Å². The molecule has 1 aromatic rings. The maximum Gasteiger partial charge on any atom is 0.0410 e. The van der Waals surface area contributed by atoms with Crippen LogP contribution in [0.2, 0.25) is 5.02 Å². The van der Waals surface area contributed by atoms with Crippen LogP contribution in [0.3, 0.4) is 0 Å². The highest BCUT2D eigenvalue weighted by atomic mass is 35.5. The van der Waals surface area contributed by atoms with E-state index in [2.05, 4.69) is 17.6 Å². The van der Waals surface area contributed by atoms with Crippen LogP contribution >= 0.6 is 11.6 Å². The lowest BCUT2D eigenvalue weighted by Gasteiger charge is -2.14. The lowest BCUT2D eigenvalue weighted by atomic mass is 10.2. The molecule has 1 atom stereocenters. The summed E-state index contributed by atoms with van der Waals surface area (Å²) in [7, 11) is 0. The number of aryl methyl sites for hydroxylation is 1. The summed E-state index contributed by atoms with van der Waals surface area (Å²) in [5.41, 5.74) is 2.40. The standard InChI is InChI=1S/C12H17ClN2/c1-9-7-10(13)4-5-12(9)15-8-11-3-2-6-14-11/h4-5,7,11,14-15H,2-3,6,8H2,1H3/t11-/m0/s1. The molecule has 0 aliphatic carbocycles. The fraction of sp³-hybridized carbons (Fsp3) is 0.500. The van der Waals surface area contributed by atoms with Gasteiger partial charge in [-0.15, -0.1) is 0 Å². The minimum absolute atomic E-state index is 0.625. The molecule has 0 aromatic heterocycles. The molecule has 3 heteroatoms. The summed E-state index contributed by atoms with van der Waals surface area (Å²) in [6.45, 7) is 4.24. The molecule has 0 spiro atoms. The zero-order valence-corrected chi connectivity index (χ0v) is 9.77. The summed E-state index contributed by atoms with van der Waals surface area (Å²) in [5, 5.41) is 7.73. The van der Waals surface area contributed by atoms with E-state index in [1.165, 1.54) is 24.1 Å². The Kier molecular flexibility index (Phi) is 3.49. The van der Waals surface area contributed by atoms with Crippen molar-refractivity contribution in [1.82, 2.24) is 5.32 Å². The van der Waals surface area contributed by atoms with E-state index in [1.54, 1.807) is 0 Å². The fourth-order valence-corrected chi connectivity index (χ4v) is 2.22. The Bertz CT molecular complexity index is 332. The van der Waals surface area contributed by atoms with E-state index in [9.17, 15) is 0 Å². The van der Waals surface area contributed by atoms with Crippen LogP contribution in [0.5, 0.6) is 0 Å². The van der Waals surface area contributed by atoms with Crippen molar-refractivity contribution in [2.75, 3.05) is 18.4 Å². The van der Waals surface area contributed by atoms with Crippen molar-refractivity contribution in [3.8, 4) is 0 Å². The number of anilines is 1. The highest BCUT2D eigenvalue weighted by Gasteiger charge is 2.13. The summed E-state index contributed by atoms with van der Waals surface area (Å²) in [6, 6.07) is 6.59. The number of hydrogen-bond acceptors (Lipinski definition) is 2. The Labute approximate surface area is 96.0 Å². The molecule has 15 heavy (non-hydrogen) atoms. The van der Waals surface area contributed by atoms with E-state index in [0.29, 0.717) is 6.04 Å². The third-order valence-electron chi connectivity index (χ3n) is 2.89. The second-order valence-corrected chi connectivity index (χ2v) is 4.57. The van der Waals surface area contributed by atoms with Crippen molar-refractivity contribution in [3.63, 3.8) is 0 Å². The van der Waals surface area contributed by atoms with Gasteiger partial charge in [-0.25, -0.2) is 0 Å². The molecular formula is C12H17ClN2. The fourth-order valence-electron chi connectivity index (χ4n) is 1.99. The molecule has 0 bridgehead atoms. The van der Waals surface area contributed by atoms with Gasteiger partial charge in [0.05, 0.1) is 0 Å². The van der Waals surface area contributed by atoms with Crippen LogP contribution in [0.4, 0.5) is 5.69 Å². The molecule has 2 nitrogen and oxygen atoms in total. The van der Waals surface area contributed by atoms with E-state index in [4.69, 9.17) is 11.6 Å². The first-order valence-electron chi connectivity index (χ1n) is 5.49. The Hall–Kier alpha value is -0.730. The smallest absolute Gasteiger partial charge is 0.0410 e. The number of hydrogen-bond donors (Lipinski definition) is 2. The molecule has 2 rings (SSSR count). The summed E-state index contributed by atoms with van der Waals surface area (Å²) in [6.07, 6.45) is 2.57. The highest BCUT2D eigenvalue weighted by molar-refractivity contribution is 6.30. The van der Waals surface area contributed by atoms with Crippen LogP contribution < -0.4 is 10.6 Å². The maximum atomic E-state index is 5.90. The molecule has 1 saturated heterocycles. The molecule has 82 valence electrons. The Morgan fingerprint density at radius 3 is 3.07 bits per heavy atom. The van der Waals surface area contributed by atoms with Crippen LogP contribution in [-0.2, 0) is 0 Å². The Balaban J connectivity index is 1.92. The second kappa shape index (κ2) is 4.86. The lowest BCUT2D eigenvalue weighted by Crippen LogP contribution is -2.29. The third-order valence-corrected chi connectivity index (χ3v) is 3.12. The molecule has 1 aliphatic rings. The molecule has 1 fully saturated rings. The minimum Gasteiger partial charge on any atom is -0.383 e. The van der Waals surface area contributed by atoms with Gasteiger partial charge in [-0.05, 0) is 50.1 Å². The average Bonchev–Trinajstić information content (AvgIpc) is 2.69. The van der Waals surface area contributed by atoms with Crippen LogP contribution in [0.15, 0.2) is 18.2 Å². The van der Waals surface area contributed by atoms with Crippen molar-refractivity contribution in [2.24, 2.45) is 0 Å². The van der Waals surface area contributed by atoms with Gasteiger partial charge < -0.3 is 10.6 Å². The number of benzene rings is 1. The monoisotopic (exact) mass is 224 g/mol. The van der Waals surface area contributed by atoms with Crippen LogP contribution in [0, 0.1) is 6.92 Å². The summed E-state index contributed by atoms with van der Waals surface area (Å²) >= 11 is 5.90. The predicted octanol–water partition coefficient (Wildman–Crippen LogP) is 2.81. The molecule has 2 N–H and O–H groups in total. The van der Waals surface area contributed by atoms with E-state index >= 15 is 0 Å². The quantitative estimate of drug-likeness (QED) is 0.825. The molecule has 0 amide bonds. The molecule has 1 aliphatic heterocycles. The van der Waals surface area contributed by atoms with Crippen molar-refractivity contribution >= 4 is 17.3 Å². The van der Waals surface area contributed by atoms with Crippen molar-refractivity contribution in [2.45, 2.75) is 25.8 Å². The van der Waals surface area contributed by atoms with Crippen LogP contribution in [-0.4, -0.2) is 19.1 Å². The molecule has 1 heterocycles. The van der Waals surface area contributed by atoms with Gasteiger partial charge in [0, 0.05) is 23.3 Å². The SMILES string of the molecule is Cc1cc(Cl)ccc1NC[C@@H]1CCCN1. The first kappa shape index (κ1) is 10.8. The zero-order chi connectivity index (χ0) is 10.7.